The Morgan fingerprint density at radius 2 is 1.50 bits per heavy atom. The fraction of sp³-hybridized carbons (Fsp3) is 0.0400. The van der Waals surface area contributed by atoms with Gasteiger partial charge in [-0.15, -0.1) is 11.3 Å². The van der Waals surface area contributed by atoms with Gasteiger partial charge < -0.3 is 4.57 Å². The van der Waals surface area contributed by atoms with Crippen molar-refractivity contribution in [2.45, 2.75) is 6.92 Å². The molecule has 0 N–H and O–H groups in total. The first-order valence-corrected chi connectivity index (χ1v) is 10.5. The van der Waals surface area contributed by atoms with Crippen LogP contribution in [0.5, 0.6) is 0 Å². The minimum Gasteiger partial charge on any atom is -0.308 e. The number of nitrogens with zero attached hydrogens (tertiary/aromatic N) is 1. The number of halogens is 1. The summed E-state index contributed by atoms with van der Waals surface area (Å²) in [6.45, 7) is 2.10. The molecular weight excluding hydrogens is 382 g/mol. The molecule has 4 aromatic carbocycles. The predicted molar refractivity (Wildman–Crippen MR) is 123 cm³/mol. The van der Waals surface area contributed by atoms with E-state index in [9.17, 15) is 0 Å². The van der Waals surface area contributed by atoms with Gasteiger partial charge in [-0.25, -0.2) is 0 Å². The highest BCUT2D eigenvalue weighted by atomic mass is 35.5. The molecule has 2 aromatic heterocycles. The Bertz CT molecular complexity index is 1520. The number of fused-ring (bicyclic) bond motifs is 7. The Morgan fingerprint density at radius 3 is 2.36 bits per heavy atom. The Morgan fingerprint density at radius 1 is 0.750 bits per heavy atom. The Labute approximate surface area is 171 Å². The monoisotopic (exact) mass is 397 g/mol. The number of aromatic nitrogens is 1. The maximum Gasteiger partial charge on any atom is 0.0719 e. The van der Waals surface area contributed by atoms with E-state index >= 15 is 0 Å². The van der Waals surface area contributed by atoms with E-state index in [2.05, 4.69) is 84.3 Å². The SMILES string of the molecule is Cc1cc(Cl)cc(-n2c3ccccc3c3ccc4c5ccccc5sc4c32)c1. The molecule has 6 rings (SSSR count). The molecule has 0 radical (unpaired) electrons. The summed E-state index contributed by atoms with van der Waals surface area (Å²) in [6, 6.07) is 28.1. The van der Waals surface area contributed by atoms with Gasteiger partial charge in [-0.3, -0.25) is 0 Å². The van der Waals surface area contributed by atoms with Crippen LogP contribution in [-0.4, -0.2) is 4.57 Å². The van der Waals surface area contributed by atoms with Crippen LogP contribution in [-0.2, 0) is 0 Å². The minimum absolute atomic E-state index is 0.768. The number of rotatable bonds is 1. The quantitative estimate of drug-likeness (QED) is 0.264. The van der Waals surface area contributed by atoms with E-state index < -0.39 is 0 Å². The molecule has 0 aliphatic heterocycles. The van der Waals surface area contributed by atoms with Gasteiger partial charge in [0.15, 0.2) is 0 Å². The zero-order valence-corrected chi connectivity index (χ0v) is 16.8. The summed E-state index contributed by atoms with van der Waals surface area (Å²) in [5.41, 5.74) is 4.75. The van der Waals surface area contributed by atoms with E-state index in [0.717, 1.165) is 16.3 Å². The number of para-hydroxylation sites is 1. The summed E-state index contributed by atoms with van der Waals surface area (Å²) in [5, 5.41) is 5.96. The summed E-state index contributed by atoms with van der Waals surface area (Å²) in [7, 11) is 0. The van der Waals surface area contributed by atoms with Crippen molar-refractivity contribution < 1.29 is 0 Å². The molecular formula is C25H16ClNS. The zero-order chi connectivity index (χ0) is 18.8. The molecule has 0 atom stereocenters. The van der Waals surface area contributed by atoms with Gasteiger partial charge in [-0.05, 0) is 42.8 Å². The summed E-state index contributed by atoms with van der Waals surface area (Å²) in [4.78, 5) is 0. The van der Waals surface area contributed by atoms with Gasteiger partial charge in [0.05, 0.1) is 15.7 Å². The van der Waals surface area contributed by atoms with Crippen LogP contribution in [0.2, 0.25) is 5.02 Å². The fourth-order valence-corrected chi connectivity index (χ4v) is 5.87. The molecule has 0 bridgehead atoms. The fourth-order valence-electron chi connectivity index (χ4n) is 4.35. The zero-order valence-electron chi connectivity index (χ0n) is 15.2. The van der Waals surface area contributed by atoms with Crippen molar-refractivity contribution in [3.05, 3.63) is 89.4 Å². The second kappa shape index (κ2) is 5.84. The molecule has 0 fully saturated rings. The third-order valence-electron chi connectivity index (χ3n) is 5.46. The Hall–Kier alpha value is -2.81. The highest BCUT2D eigenvalue weighted by Gasteiger charge is 2.17. The van der Waals surface area contributed by atoms with Gasteiger partial charge in [-0.1, -0.05) is 60.1 Å². The number of benzene rings is 4. The van der Waals surface area contributed by atoms with Crippen molar-refractivity contribution in [2.75, 3.05) is 0 Å². The first-order chi connectivity index (χ1) is 13.7. The summed E-state index contributed by atoms with van der Waals surface area (Å²) in [5.74, 6) is 0. The van der Waals surface area contributed by atoms with Gasteiger partial charge in [0.2, 0.25) is 0 Å². The van der Waals surface area contributed by atoms with E-state index in [1.807, 2.05) is 17.4 Å². The van der Waals surface area contributed by atoms with Crippen LogP contribution in [0.4, 0.5) is 0 Å². The molecule has 0 unspecified atom stereocenters. The molecule has 0 spiro atoms. The molecule has 0 amide bonds. The third-order valence-corrected chi connectivity index (χ3v) is 6.88. The van der Waals surface area contributed by atoms with Gasteiger partial charge >= 0.3 is 0 Å². The lowest BCUT2D eigenvalue weighted by Crippen LogP contribution is -1.94. The second-order valence-corrected chi connectivity index (χ2v) is 8.76. The number of hydrogen-bond donors (Lipinski definition) is 0. The highest BCUT2D eigenvalue weighted by molar-refractivity contribution is 7.26. The molecule has 0 saturated carbocycles. The first kappa shape index (κ1) is 16.2. The summed E-state index contributed by atoms with van der Waals surface area (Å²) < 4.78 is 5.03. The van der Waals surface area contributed by atoms with Crippen LogP contribution >= 0.6 is 22.9 Å². The lowest BCUT2D eigenvalue weighted by atomic mass is 10.1. The van der Waals surface area contributed by atoms with Gasteiger partial charge in [0.25, 0.3) is 0 Å². The molecule has 3 heteroatoms. The molecule has 0 aliphatic carbocycles. The van der Waals surface area contributed by atoms with E-state index in [1.54, 1.807) is 0 Å². The van der Waals surface area contributed by atoms with Crippen molar-refractivity contribution in [3.63, 3.8) is 0 Å². The van der Waals surface area contributed by atoms with Gasteiger partial charge in [-0.2, -0.15) is 0 Å². The lowest BCUT2D eigenvalue weighted by molar-refractivity contribution is 1.18. The van der Waals surface area contributed by atoms with Crippen molar-refractivity contribution >= 4 is 64.9 Å². The van der Waals surface area contributed by atoms with Crippen LogP contribution in [0.25, 0.3) is 47.7 Å². The molecule has 1 nitrogen and oxygen atoms in total. The van der Waals surface area contributed by atoms with Crippen molar-refractivity contribution in [3.8, 4) is 5.69 Å². The van der Waals surface area contributed by atoms with E-state index in [0.29, 0.717) is 0 Å². The van der Waals surface area contributed by atoms with Crippen molar-refractivity contribution in [1.82, 2.24) is 4.57 Å². The lowest BCUT2D eigenvalue weighted by Gasteiger charge is -2.10. The standard InChI is InChI=1S/C25H16ClNS/c1-15-12-16(26)14-17(13-15)27-22-8-4-2-6-18(22)20-10-11-21-19-7-3-5-9-23(19)28-25(21)24(20)27/h2-14H,1H3. The van der Waals surface area contributed by atoms with E-state index in [1.165, 1.54) is 42.0 Å². The molecule has 0 aliphatic rings. The van der Waals surface area contributed by atoms with Crippen LogP contribution in [0, 0.1) is 6.92 Å². The number of thiophene rings is 1. The topological polar surface area (TPSA) is 4.93 Å². The van der Waals surface area contributed by atoms with Gasteiger partial charge in [0.1, 0.15) is 0 Å². The third kappa shape index (κ3) is 2.19. The highest BCUT2D eigenvalue weighted by Crippen LogP contribution is 2.42. The molecule has 6 aromatic rings. The van der Waals surface area contributed by atoms with Crippen molar-refractivity contribution in [1.29, 1.82) is 0 Å². The molecule has 0 saturated heterocycles. The smallest absolute Gasteiger partial charge is 0.0719 e. The Kier molecular flexibility index (Phi) is 3.37. The largest absolute Gasteiger partial charge is 0.308 e. The normalized spacial score (nSPS) is 11.9. The number of aryl methyl sites for hydroxylation is 1. The average molecular weight is 398 g/mol. The van der Waals surface area contributed by atoms with Crippen LogP contribution < -0.4 is 0 Å². The maximum atomic E-state index is 6.44. The minimum atomic E-state index is 0.768. The van der Waals surface area contributed by atoms with Crippen LogP contribution in [0.3, 0.4) is 0 Å². The average Bonchev–Trinajstić information content (AvgIpc) is 3.23. The van der Waals surface area contributed by atoms with E-state index in [-0.39, 0.29) is 0 Å². The van der Waals surface area contributed by atoms with Crippen LogP contribution in [0.15, 0.2) is 78.9 Å². The summed E-state index contributed by atoms with van der Waals surface area (Å²) in [6.07, 6.45) is 0. The maximum absolute atomic E-state index is 6.44. The molecule has 28 heavy (non-hydrogen) atoms. The first-order valence-electron chi connectivity index (χ1n) is 9.32. The summed E-state index contributed by atoms with van der Waals surface area (Å²) >= 11 is 8.31. The number of hydrogen-bond acceptors (Lipinski definition) is 1. The Balaban J connectivity index is 1.89. The predicted octanol–water partition coefficient (Wildman–Crippen LogP) is 8.11. The molecule has 2 heterocycles. The second-order valence-electron chi connectivity index (χ2n) is 7.28. The van der Waals surface area contributed by atoms with E-state index in [4.69, 9.17) is 11.6 Å². The molecule has 134 valence electrons. The van der Waals surface area contributed by atoms with Gasteiger partial charge in [0, 0.05) is 37.0 Å². The van der Waals surface area contributed by atoms with Crippen LogP contribution in [0.1, 0.15) is 5.56 Å². The van der Waals surface area contributed by atoms with Crippen molar-refractivity contribution in [2.24, 2.45) is 0 Å².